The van der Waals surface area contributed by atoms with Crippen molar-refractivity contribution in [3.63, 3.8) is 0 Å². The van der Waals surface area contributed by atoms with Crippen molar-refractivity contribution in [1.29, 1.82) is 0 Å². The molecule has 0 aliphatic carbocycles. The van der Waals surface area contributed by atoms with Gasteiger partial charge in [0.1, 0.15) is 0 Å². The largest absolute Gasteiger partial charge is 0.323 e. The molecular formula is C14H26N2OS. The number of thioether (sulfide) groups is 1. The number of rotatable bonds is 4. The van der Waals surface area contributed by atoms with Crippen molar-refractivity contribution < 1.29 is 4.79 Å². The maximum Gasteiger partial charge on any atom is 0.241 e. The van der Waals surface area contributed by atoms with E-state index < -0.39 is 0 Å². The first-order valence-corrected chi connectivity index (χ1v) is 8.46. The van der Waals surface area contributed by atoms with Crippen molar-refractivity contribution in [2.45, 2.75) is 64.7 Å². The Kier molecular flexibility index (Phi) is 4.96. The Morgan fingerprint density at radius 2 is 2.06 bits per heavy atom. The van der Waals surface area contributed by atoms with Gasteiger partial charge in [-0.05, 0) is 36.7 Å². The van der Waals surface area contributed by atoms with Crippen LogP contribution in [0.4, 0.5) is 0 Å². The molecule has 0 aromatic heterocycles. The van der Waals surface area contributed by atoms with Crippen molar-refractivity contribution in [2.24, 2.45) is 5.92 Å². The number of nitrogens with zero attached hydrogens (tertiary/aromatic N) is 1. The molecule has 18 heavy (non-hydrogen) atoms. The van der Waals surface area contributed by atoms with E-state index in [1.54, 1.807) is 0 Å². The van der Waals surface area contributed by atoms with Crippen LogP contribution in [0.15, 0.2) is 0 Å². The molecule has 0 saturated carbocycles. The van der Waals surface area contributed by atoms with Crippen molar-refractivity contribution in [3.8, 4) is 0 Å². The zero-order valence-electron chi connectivity index (χ0n) is 11.8. The number of amides is 1. The van der Waals surface area contributed by atoms with Crippen LogP contribution in [0.25, 0.3) is 0 Å². The van der Waals surface area contributed by atoms with E-state index >= 15 is 0 Å². The molecule has 2 aliphatic rings. The minimum Gasteiger partial charge on any atom is -0.323 e. The van der Waals surface area contributed by atoms with E-state index in [9.17, 15) is 4.79 Å². The van der Waals surface area contributed by atoms with E-state index in [0.29, 0.717) is 17.9 Å². The summed E-state index contributed by atoms with van der Waals surface area (Å²) < 4.78 is 0. The van der Waals surface area contributed by atoms with Crippen LogP contribution in [0.3, 0.4) is 0 Å². The molecule has 1 amide bonds. The summed E-state index contributed by atoms with van der Waals surface area (Å²) in [5.74, 6) is 3.15. The molecule has 2 fully saturated rings. The van der Waals surface area contributed by atoms with E-state index in [2.05, 4.69) is 31.0 Å². The molecule has 0 aromatic rings. The van der Waals surface area contributed by atoms with E-state index in [0.717, 1.165) is 12.8 Å². The molecule has 1 N–H and O–H groups in total. The highest BCUT2D eigenvalue weighted by Gasteiger charge is 2.43. The fourth-order valence-electron chi connectivity index (χ4n) is 3.04. The van der Waals surface area contributed by atoms with Crippen molar-refractivity contribution in [2.75, 3.05) is 11.5 Å². The third-order valence-corrected chi connectivity index (χ3v) is 5.09. The van der Waals surface area contributed by atoms with E-state index in [1.165, 1.54) is 24.3 Å². The first-order chi connectivity index (χ1) is 8.65. The zero-order chi connectivity index (χ0) is 13.1. The lowest BCUT2D eigenvalue weighted by Crippen LogP contribution is -2.46. The fourth-order valence-corrected chi connectivity index (χ4v) is 4.13. The first kappa shape index (κ1) is 14.2. The normalized spacial score (nSPS) is 30.4. The highest BCUT2D eigenvalue weighted by Crippen LogP contribution is 2.29. The molecule has 2 saturated heterocycles. The van der Waals surface area contributed by atoms with E-state index in [1.807, 2.05) is 11.8 Å². The van der Waals surface area contributed by atoms with Gasteiger partial charge in [-0.1, -0.05) is 27.2 Å². The third kappa shape index (κ3) is 2.85. The third-order valence-electron chi connectivity index (χ3n) is 4.04. The smallest absolute Gasteiger partial charge is 0.241 e. The van der Waals surface area contributed by atoms with Crippen LogP contribution >= 0.6 is 11.8 Å². The Morgan fingerprint density at radius 1 is 1.39 bits per heavy atom. The van der Waals surface area contributed by atoms with E-state index in [-0.39, 0.29) is 12.2 Å². The molecule has 2 heterocycles. The second-order valence-electron chi connectivity index (χ2n) is 5.78. The van der Waals surface area contributed by atoms with Crippen LogP contribution in [-0.2, 0) is 4.79 Å². The molecule has 0 bridgehead atoms. The SMILES string of the molecule is CCCC1NC(C(C)C)C(=O)N1C1CCSCC1. The van der Waals surface area contributed by atoms with Crippen molar-refractivity contribution in [1.82, 2.24) is 10.2 Å². The average Bonchev–Trinajstić information content (AvgIpc) is 2.68. The van der Waals surface area contributed by atoms with Crippen LogP contribution in [0.5, 0.6) is 0 Å². The summed E-state index contributed by atoms with van der Waals surface area (Å²) in [5.41, 5.74) is 0. The van der Waals surface area contributed by atoms with Crippen LogP contribution in [-0.4, -0.2) is 40.6 Å². The van der Waals surface area contributed by atoms with Crippen LogP contribution < -0.4 is 5.32 Å². The van der Waals surface area contributed by atoms with Gasteiger partial charge in [0, 0.05) is 6.04 Å². The quantitative estimate of drug-likeness (QED) is 0.852. The van der Waals surface area contributed by atoms with Gasteiger partial charge < -0.3 is 4.90 Å². The molecule has 0 aromatic carbocycles. The number of hydrogen-bond acceptors (Lipinski definition) is 3. The van der Waals surface area contributed by atoms with Gasteiger partial charge in [-0.15, -0.1) is 0 Å². The second-order valence-corrected chi connectivity index (χ2v) is 7.01. The van der Waals surface area contributed by atoms with Crippen LogP contribution in [0.2, 0.25) is 0 Å². The fraction of sp³-hybridized carbons (Fsp3) is 0.929. The minimum atomic E-state index is 0.0381. The Morgan fingerprint density at radius 3 is 2.61 bits per heavy atom. The van der Waals surface area contributed by atoms with Gasteiger partial charge in [-0.3, -0.25) is 10.1 Å². The summed E-state index contributed by atoms with van der Waals surface area (Å²) in [6.07, 6.45) is 4.83. The number of carbonyl (C=O) groups excluding carboxylic acids is 1. The first-order valence-electron chi connectivity index (χ1n) is 7.31. The van der Waals surface area contributed by atoms with Gasteiger partial charge >= 0.3 is 0 Å². The van der Waals surface area contributed by atoms with Gasteiger partial charge in [-0.2, -0.15) is 11.8 Å². The lowest BCUT2D eigenvalue weighted by Gasteiger charge is -2.35. The molecule has 2 unspecified atom stereocenters. The van der Waals surface area contributed by atoms with Crippen molar-refractivity contribution >= 4 is 17.7 Å². The highest BCUT2D eigenvalue weighted by atomic mass is 32.2. The summed E-state index contributed by atoms with van der Waals surface area (Å²) in [5, 5.41) is 3.56. The molecule has 104 valence electrons. The van der Waals surface area contributed by atoms with Gasteiger partial charge in [0.05, 0.1) is 12.2 Å². The maximum absolute atomic E-state index is 12.6. The molecule has 4 heteroatoms. The molecule has 2 rings (SSSR count). The molecule has 2 aliphatic heterocycles. The standard InChI is InChI=1S/C14H26N2OS/c1-4-5-12-15-13(10(2)3)14(17)16(12)11-6-8-18-9-7-11/h10-13,15H,4-9H2,1-3H3. The highest BCUT2D eigenvalue weighted by molar-refractivity contribution is 7.99. The number of nitrogens with one attached hydrogen (secondary N) is 1. The topological polar surface area (TPSA) is 32.3 Å². The van der Waals surface area contributed by atoms with Crippen LogP contribution in [0.1, 0.15) is 46.5 Å². The molecule has 0 spiro atoms. The molecule has 3 nitrogen and oxygen atoms in total. The van der Waals surface area contributed by atoms with Gasteiger partial charge in [-0.25, -0.2) is 0 Å². The lowest BCUT2D eigenvalue weighted by atomic mass is 10.0. The summed E-state index contributed by atoms with van der Waals surface area (Å²) in [7, 11) is 0. The molecule has 0 radical (unpaired) electrons. The average molecular weight is 270 g/mol. The van der Waals surface area contributed by atoms with Gasteiger partial charge in [0.2, 0.25) is 5.91 Å². The Labute approximate surface area is 115 Å². The Balaban J connectivity index is 2.10. The summed E-state index contributed by atoms with van der Waals surface area (Å²) in [6.45, 7) is 6.47. The van der Waals surface area contributed by atoms with Gasteiger partial charge in [0.15, 0.2) is 0 Å². The van der Waals surface area contributed by atoms with E-state index in [4.69, 9.17) is 0 Å². The zero-order valence-corrected chi connectivity index (χ0v) is 12.6. The Bertz CT molecular complexity index is 290. The number of carbonyl (C=O) groups is 1. The lowest BCUT2D eigenvalue weighted by molar-refractivity contribution is -0.133. The van der Waals surface area contributed by atoms with Crippen molar-refractivity contribution in [3.05, 3.63) is 0 Å². The Hall–Kier alpha value is -0.220. The summed E-state index contributed by atoms with van der Waals surface area (Å²) in [4.78, 5) is 14.8. The number of hydrogen-bond donors (Lipinski definition) is 1. The van der Waals surface area contributed by atoms with Gasteiger partial charge in [0.25, 0.3) is 0 Å². The maximum atomic E-state index is 12.6. The predicted octanol–water partition coefficient (Wildman–Crippen LogP) is 2.46. The molecule has 2 atom stereocenters. The summed E-state index contributed by atoms with van der Waals surface area (Å²) >= 11 is 2.02. The molecular weight excluding hydrogens is 244 g/mol. The minimum absolute atomic E-state index is 0.0381. The van der Waals surface area contributed by atoms with Crippen LogP contribution in [0, 0.1) is 5.92 Å². The monoisotopic (exact) mass is 270 g/mol. The second kappa shape index (κ2) is 6.29. The summed E-state index contributed by atoms with van der Waals surface area (Å²) in [6, 6.07) is 0.516. The predicted molar refractivity (Wildman–Crippen MR) is 77.7 cm³/mol.